The molecule has 0 aromatic heterocycles. The fourth-order valence-electron chi connectivity index (χ4n) is 2.93. The van der Waals surface area contributed by atoms with Gasteiger partial charge in [0.25, 0.3) is 5.91 Å². The van der Waals surface area contributed by atoms with Crippen molar-refractivity contribution in [2.45, 2.75) is 6.42 Å². The number of carbonyl (C=O) groups is 2. The van der Waals surface area contributed by atoms with E-state index >= 15 is 0 Å². The van der Waals surface area contributed by atoms with Gasteiger partial charge in [-0.15, -0.1) is 0 Å². The molecule has 0 bridgehead atoms. The molecule has 26 heavy (non-hydrogen) atoms. The summed E-state index contributed by atoms with van der Waals surface area (Å²) in [5.74, 6) is -0.124. The van der Waals surface area contributed by atoms with Crippen molar-refractivity contribution in [1.29, 1.82) is 0 Å². The highest BCUT2D eigenvalue weighted by atomic mass is 16.2. The van der Waals surface area contributed by atoms with Crippen molar-refractivity contribution in [2.75, 3.05) is 23.9 Å². The van der Waals surface area contributed by atoms with Crippen LogP contribution < -0.4 is 9.80 Å². The topological polar surface area (TPSA) is 40.6 Å². The lowest BCUT2D eigenvalue weighted by Crippen LogP contribution is -2.32. The van der Waals surface area contributed by atoms with Gasteiger partial charge in [-0.1, -0.05) is 42.5 Å². The molecular weight excluding hydrogens is 324 g/mol. The van der Waals surface area contributed by atoms with E-state index in [9.17, 15) is 9.59 Å². The van der Waals surface area contributed by atoms with Crippen LogP contribution in [-0.4, -0.2) is 25.9 Å². The zero-order valence-corrected chi connectivity index (χ0v) is 15.0. The Bertz CT molecular complexity index is 838. The Morgan fingerprint density at radius 2 is 1.46 bits per heavy atom. The zero-order valence-electron chi connectivity index (χ0n) is 15.0. The normalized spacial score (nSPS) is 15.5. The van der Waals surface area contributed by atoms with E-state index in [0.717, 1.165) is 17.8 Å². The molecule has 0 N–H and O–H groups in total. The molecule has 0 radical (unpaired) electrons. The van der Waals surface area contributed by atoms with E-state index in [4.69, 9.17) is 0 Å². The molecule has 0 saturated carbocycles. The second-order valence-corrected chi connectivity index (χ2v) is 6.30. The van der Waals surface area contributed by atoms with Crippen LogP contribution in [0.25, 0.3) is 0 Å². The predicted octanol–water partition coefficient (Wildman–Crippen LogP) is 4.06. The summed E-state index contributed by atoms with van der Waals surface area (Å²) in [4.78, 5) is 28.4. The van der Waals surface area contributed by atoms with Gasteiger partial charge >= 0.3 is 0 Å². The van der Waals surface area contributed by atoms with Crippen LogP contribution >= 0.6 is 0 Å². The Morgan fingerprint density at radius 1 is 0.846 bits per heavy atom. The summed E-state index contributed by atoms with van der Waals surface area (Å²) in [5, 5.41) is 0. The molecule has 0 saturated heterocycles. The summed E-state index contributed by atoms with van der Waals surface area (Å²) in [7, 11) is 3.53. The highest BCUT2D eigenvalue weighted by Gasteiger charge is 2.21. The number of nitrogens with zero attached hydrogens (tertiary/aromatic N) is 2. The molecule has 0 aliphatic heterocycles. The van der Waals surface area contributed by atoms with E-state index in [2.05, 4.69) is 0 Å². The van der Waals surface area contributed by atoms with Gasteiger partial charge in [-0.2, -0.15) is 0 Å². The molecule has 0 heterocycles. The standard InChI is InChI=1S/C22H22N2O2/c1-23(21(25)17-9-5-3-6-10-17)19-13-15-20(16-14-19)24(2)22(26)18-11-7-4-8-12-18/h3-11,13-16,18H,12H2,1-2H3. The number of benzene rings is 2. The van der Waals surface area contributed by atoms with E-state index in [1.165, 1.54) is 0 Å². The van der Waals surface area contributed by atoms with Crippen molar-refractivity contribution in [3.63, 3.8) is 0 Å². The quantitative estimate of drug-likeness (QED) is 0.838. The van der Waals surface area contributed by atoms with Crippen molar-refractivity contribution < 1.29 is 9.59 Å². The Balaban J connectivity index is 1.71. The molecule has 1 atom stereocenters. The first-order chi connectivity index (χ1) is 12.6. The number of amides is 2. The minimum absolute atomic E-state index is 0.0621. The molecule has 2 amide bonds. The maximum atomic E-state index is 12.6. The molecule has 1 unspecified atom stereocenters. The highest BCUT2D eigenvalue weighted by Crippen LogP contribution is 2.23. The van der Waals surface area contributed by atoms with E-state index in [-0.39, 0.29) is 17.7 Å². The Kier molecular flexibility index (Phi) is 5.32. The minimum Gasteiger partial charge on any atom is -0.315 e. The summed E-state index contributed by atoms with van der Waals surface area (Å²) in [5.41, 5.74) is 2.23. The van der Waals surface area contributed by atoms with Crippen LogP contribution in [0.1, 0.15) is 16.8 Å². The van der Waals surface area contributed by atoms with Gasteiger partial charge in [0.1, 0.15) is 0 Å². The number of hydrogen-bond donors (Lipinski definition) is 0. The number of hydrogen-bond acceptors (Lipinski definition) is 2. The van der Waals surface area contributed by atoms with Gasteiger partial charge in [-0.25, -0.2) is 0 Å². The van der Waals surface area contributed by atoms with Gasteiger partial charge in [0.05, 0.1) is 5.92 Å². The van der Waals surface area contributed by atoms with Gasteiger partial charge in [-0.3, -0.25) is 9.59 Å². The summed E-state index contributed by atoms with van der Waals surface area (Å²) in [6, 6.07) is 16.6. The van der Waals surface area contributed by atoms with Crippen molar-refractivity contribution in [3.8, 4) is 0 Å². The third-order valence-electron chi connectivity index (χ3n) is 4.58. The Labute approximate surface area is 154 Å². The molecule has 1 aliphatic rings. The van der Waals surface area contributed by atoms with Crippen molar-refractivity contribution in [3.05, 3.63) is 84.5 Å². The van der Waals surface area contributed by atoms with Crippen molar-refractivity contribution in [1.82, 2.24) is 0 Å². The van der Waals surface area contributed by atoms with Crippen LogP contribution in [0.2, 0.25) is 0 Å². The smallest absolute Gasteiger partial charge is 0.258 e. The molecule has 2 aromatic rings. The van der Waals surface area contributed by atoms with Crippen molar-refractivity contribution >= 4 is 23.2 Å². The SMILES string of the molecule is CN(C(=O)c1ccccc1)c1ccc(N(C)C(=O)C2C=CC=CC2)cc1. The monoisotopic (exact) mass is 346 g/mol. The maximum absolute atomic E-state index is 12.6. The molecule has 3 rings (SSSR count). The van der Waals surface area contributed by atoms with Crippen molar-refractivity contribution in [2.24, 2.45) is 5.92 Å². The first kappa shape index (κ1) is 17.7. The second kappa shape index (κ2) is 7.83. The number of anilines is 2. The summed E-state index contributed by atoms with van der Waals surface area (Å²) >= 11 is 0. The summed E-state index contributed by atoms with van der Waals surface area (Å²) in [6.07, 6.45) is 8.53. The molecule has 132 valence electrons. The number of carbonyl (C=O) groups excluding carboxylic acids is 2. The van der Waals surface area contributed by atoms with Crippen LogP contribution in [0.3, 0.4) is 0 Å². The van der Waals surface area contributed by atoms with Crippen LogP contribution in [0.15, 0.2) is 78.9 Å². The summed E-state index contributed by atoms with van der Waals surface area (Å²) in [6.45, 7) is 0. The fraction of sp³-hybridized carbons (Fsp3) is 0.182. The summed E-state index contributed by atoms with van der Waals surface area (Å²) < 4.78 is 0. The molecule has 0 spiro atoms. The molecule has 4 heteroatoms. The lowest BCUT2D eigenvalue weighted by Gasteiger charge is -2.23. The van der Waals surface area contributed by atoms with Crippen LogP contribution in [-0.2, 0) is 4.79 Å². The molecule has 0 fully saturated rings. The molecule has 1 aliphatic carbocycles. The first-order valence-corrected chi connectivity index (χ1v) is 8.62. The third-order valence-corrected chi connectivity index (χ3v) is 4.58. The van der Waals surface area contributed by atoms with Crippen LogP contribution in [0.4, 0.5) is 11.4 Å². The Hall–Kier alpha value is -3.14. The molecule has 2 aromatic carbocycles. The number of allylic oxidation sites excluding steroid dienone is 3. The second-order valence-electron chi connectivity index (χ2n) is 6.30. The third kappa shape index (κ3) is 3.75. The van der Waals surface area contributed by atoms with E-state index in [1.807, 2.05) is 66.8 Å². The van der Waals surface area contributed by atoms with E-state index in [0.29, 0.717) is 5.56 Å². The van der Waals surface area contributed by atoms with Gasteiger partial charge in [0.15, 0.2) is 0 Å². The largest absolute Gasteiger partial charge is 0.315 e. The van der Waals surface area contributed by atoms with Gasteiger partial charge < -0.3 is 9.80 Å². The number of rotatable bonds is 4. The lowest BCUT2D eigenvalue weighted by molar-refractivity contribution is -0.120. The van der Waals surface area contributed by atoms with Gasteiger partial charge in [0.2, 0.25) is 5.91 Å². The van der Waals surface area contributed by atoms with Crippen LogP contribution in [0, 0.1) is 5.92 Å². The average Bonchev–Trinajstić information content (AvgIpc) is 2.73. The molecule has 4 nitrogen and oxygen atoms in total. The fourth-order valence-corrected chi connectivity index (χ4v) is 2.93. The Morgan fingerprint density at radius 3 is 2.04 bits per heavy atom. The maximum Gasteiger partial charge on any atom is 0.258 e. The van der Waals surface area contributed by atoms with Crippen LogP contribution in [0.5, 0.6) is 0 Å². The average molecular weight is 346 g/mol. The van der Waals surface area contributed by atoms with E-state index in [1.54, 1.807) is 36.0 Å². The molecular formula is C22H22N2O2. The van der Waals surface area contributed by atoms with E-state index < -0.39 is 0 Å². The zero-order chi connectivity index (χ0) is 18.5. The minimum atomic E-state index is -0.119. The predicted molar refractivity (Wildman–Crippen MR) is 105 cm³/mol. The lowest BCUT2D eigenvalue weighted by atomic mass is 9.99. The van der Waals surface area contributed by atoms with Gasteiger partial charge in [-0.05, 0) is 42.8 Å². The van der Waals surface area contributed by atoms with Gasteiger partial charge in [0, 0.05) is 31.0 Å². The first-order valence-electron chi connectivity index (χ1n) is 8.62. The highest BCUT2D eigenvalue weighted by molar-refractivity contribution is 6.05.